The number of aliphatic hydroxyl groups excluding tert-OH is 1. The Morgan fingerprint density at radius 3 is 2.65 bits per heavy atom. The molecule has 0 radical (unpaired) electrons. The highest BCUT2D eigenvalue weighted by molar-refractivity contribution is 7.09. The number of ether oxygens (including phenoxy) is 1. The van der Waals surface area contributed by atoms with Crippen LogP contribution in [0.2, 0.25) is 0 Å². The van der Waals surface area contributed by atoms with Crippen molar-refractivity contribution in [2.24, 2.45) is 0 Å². The van der Waals surface area contributed by atoms with Gasteiger partial charge in [-0.15, -0.1) is 11.3 Å². The lowest BCUT2D eigenvalue weighted by Crippen LogP contribution is -2.03. The minimum absolute atomic E-state index is 0.653. The van der Waals surface area contributed by atoms with E-state index in [-0.39, 0.29) is 0 Å². The van der Waals surface area contributed by atoms with Crippen LogP contribution in [0.3, 0.4) is 0 Å². The number of benzene rings is 1. The highest BCUT2D eigenvalue weighted by Crippen LogP contribution is 2.30. The Hall–Kier alpha value is -1.39. The summed E-state index contributed by atoms with van der Waals surface area (Å²) in [5.74, 6) is 0.845. The monoisotopic (exact) mass is 249 g/mol. The molecule has 0 aliphatic carbocycles. The normalized spacial score (nSPS) is 12.5. The zero-order chi connectivity index (χ0) is 12.4. The maximum Gasteiger partial charge on any atom is 0.131 e. The summed E-state index contributed by atoms with van der Waals surface area (Å²) in [5.41, 5.74) is 2.91. The topological polar surface area (TPSA) is 42.4 Å². The fraction of sp³-hybridized carbons (Fsp3) is 0.308. The van der Waals surface area contributed by atoms with Crippen molar-refractivity contribution in [2.45, 2.75) is 20.0 Å². The maximum absolute atomic E-state index is 10.3. The van der Waals surface area contributed by atoms with Crippen LogP contribution < -0.4 is 4.74 Å². The molecule has 3 nitrogen and oxygen atoms in total. The summed E-state index contributed by atoms with van der Waals surface area (Å²) in [6.45, 7) is 3.93. The van der Waals surface area contributed by atoms with Crippen molar-refractivity contribution in [1.29, 1.82) is 0 Å². The molecule has 1 N–H and O–H groups in total. The first-order valence-electron chi connectivity index (χ1n) is 5.36. The average Bonchev–Trinajstić information content (AvgIpc) is 2.84. The molecule has 1 unspecified atom stereocenters. The summed E-state index contributed by atoms with van der Waals surface area (Å²) in [7, 11) is 1.65. The van der Waals surface area contributed by atoms with Crippen molar-refractivity contribution < 1.29 is 9.84 Å². The molecule has 4 heteroatoms. The summed E-state index contributed by atoms with van der Waals surface area (Å²) in [6, 6.07) is 3.90. The van der Waals surface area contributed by atoms with E-state index in [1.807, 2.05) is 31.4 Å². The average molecular weight is 249 g/mol. The molecular weight excluding hydrogens is 234 g/mol. The molecule has 0 spiro atoms. The Labute approximate surface area is 105 Å². The van der Waals surface area contributed by atoms with Crippen LogP contribution in [0.4, 0.5) is 0 Å². The van der Waals surface area contributed by atoms with E-state index >= 15 is 0 Å². The summed E-state index contributed by atoms with van der Waals surface area (Å²) in [4.78, 5) is 4.14. The third-order valence-electron chi connectivity index (χ3n) is 2.76. The van der Waals surface area contributed by atoms with E-state index in [1.54, 1.807) is 13.3 Å². The Bertz CT molecular complexity index is 508. The van der Waals surface area contributed by atoms with Gasteiger partial charge < -0.3 is 9.84 Å². The maximum atomic E-state index is 10.3. The summed E-state index contributed by atoms with van der Waals surface area (Å²) < 4.78 is 5.26. The largest absolute Gasteiger partial charge is 0.496 e. The fourth-order valence-corrected chi connectivity index (χ4v) is 2.47. The second-order valence-electron chi connectivity index (χ2n) is 3.95. The quantitative estimate of drug-likeness (QED) is 0.909. The molecule has 90 valence electrons. The van der Waals surface area contributed by atoms with E-state index in [4.69, 9.17) is 4.74 Å². The molecule has 0 aliphatic heterocycles. The van der Waals surface area contributed by atoms with Gasteiger partial charge in [0.1, 0.15) is 16.9 Å². The zero-order valence-corrected chi connectivity index (χ0v) is 10.9. The molecule has 2 rings (SSSR count). The Kier molecular flexibility index (Phi) is 3.45. The van der Waals surface area contributed by atoms with Gasteiger partial charge in [0.15, 0.2) is 0 Å². The number of aryl methyl sites for hydroxylation is 2. The van der Waals surface area contributed by atoms with E-state index in [2.05, 4.69) is 4.98 Å². The lowest BCUT2D eigenvalue weighted by Gasteiger charge is -2.14. The van der Waals surface area contributed by atoms with Crippen molar-refractivity contribution in [3.8, 4) is 5.75 Å². The van der Waals surface area contributed by atoms with Crippen molar-refractivity contribution in [3.63, 3.8) is 0 Å². The third kappa shape index (κ3) is 2.33. The van der Waals surface area contributed by atoms with Crippen molar-refractivity contribution in [3.05, 3.63) is 45.4 Å². The van der Waals surface area contributed by atoms with E-state index in [0.29, 0.717) is 0 Å². The SMILES string of the molecule is COc1cc(C)c(C(O)c2nccs2)cc1C. The first kappa shape index (κ1) is 12.1. The molecule has 0 saturated carbocycles. The molecule has 0 fully saturated rings. The number of aliphatic hydroxyl groups is 1. The number of aromatic nitrogens is 1. The van der Waals surface area contributed by atoms with Crippen molar-refractivity contribution in [1.82, 2.24) is 4.98 Å². The molecule has 1 heterocycles. The minimum atomic E-state index is -0.653. The lowest BCUT2D eigenvalue weighted by molar-refractivity contribution is 0.219. The number of nitrogens with zero attached hydrogens (tertiary/aromatic N) is 1. The molecule has 0 saturated heterocycles. The van der Waals surface area contributed by atoms with Crippen LogP contribution in [0, 0.1) is 13.8 Å². The van der Waals surface area contributed by atoms with Gasteiger partial charge in [-0.2, -0.15) is 0 Å². The fourth-order valence-electron chi connectivity index (χ4n) is 1.83. The van der Waals surface area contributed by atoms with E-state index in [0.717, 1.165) is 27.4 Å². The Morgan fingerprint density at radius 1 is 1.29 bits per heavy atom. The molecule has 0 aliphatic rings. The van der Waals surface area contributed by atoms with E-state index < -0.39 is 6.10 Å². The number of hydrogen-bond donors (Lipinski definition) is 1. The lowest BCUT2D eigenvalue weighted by atomic mass is 10.0. The number of hydrogen-bond acceptors (Lipinski definition) is 4. The summed E-state index contributed by atoms with van der Waals surface area (Å²) in [5, 5.41) is 12.8. The number of rotatable bonds is 3. The van der Waals surface area contributed by atoms with Crippen LogP contribution in [0.25, 0.3) is 0 Å². The van der Waals surface area contributed by atoms with Crippen LogP contribution in [0.1, 0.15) is 27.8 Å². The molecule has 1 atom stereocenters. The molecule has 2 aromatic rings. The van der Waals surface area contributed by atoms with E-state index in [1.165, 1.54) is 11.3 Å². The molecule has 0 amide bonds. The Balaban J connectivity index is 2.42. The number of methoxy groups -OCH3 is 1. The summed E-state index contributed by atoms with van der Waals surface area (Å²) >= 11 is 1.46. The predicted octanol–water partition coefficient (Wildman–Crippen LogP) is 2.85. The van der Waals surface area contributed by atoms with Gasteiger partial charge in [-0.05, 0) is 42.7 Å². The highest BCUT2D eigenvalue weighted by Gasteiger charge is 2.16. The van der Waals surface area contributed by atoms with Gasteiger partial charge in [0, 0.05) is 11.6 Å². The second kappa shape index (κ2) is 4.85. The van der Waals surface area contributed by atoms with Crippen LogP contribution in [-0.4, -0.2) is 17.2 Å². The Morgan fingerprint density at radius 2 is 2.06 bits per heavy atom. The van der Waals surface area contributed by atoms with Gasteiger partial charge in [-0.3, -0.25) is 0 Å². The standard InChI is InChI=1S/C13H15NO2S/c1-8-7-11(16-3)9(2)6-10(8)12(15)13-14-4-5-17-13/h4-7,12,15H,1-3H3. The smallest absolute Gasteiger partial charge is 0.131 e. The first-order valence-corrected chi connectivity index (χ1v) is 6.24. The molecular formula is C13H15NO2S. The predicted molar refractivity (Wildman–Crippen MR) is 68.6 cm³/mol. The van der Waals surface area contributed by atoms with Crippen LogP contribution in [0.5, 0.6) is 5.75 Å². The van der Waals surface area contributed by atoms with Crippen molar-refractivity contribution in [2.75, 3.05) is 7.11 Å². The van der Waals surface area contributed by atoms with Gasteiger partial charge in [0.05, 0.1) is 7.11 Å². The second-order valence-corrected chi connectivity index (χ2v) is 4.88. The number of thiazole rings is 1. The third-order valence-corrected chi connectivity index (χ3v) is 3.59. The zero-order valence-electron chi connectivity index (χ0n) is 10.1. The molecule has 1 aromatic carbocycles. The van der Waals surface area contributed by atoms with Gasteiger partial charge >= 0.3 is 0 Å². The molecule has 1 aromatic heterocycles. The van der Waals surface area contributed by atoms with Crippen LogP contribution in [0.15, 0.2) is 23.7 Å². The summed E-state index contributed by atoms with van der Waals surface area (Å²) in [6.07, 6.45) is 1.05. The molecule has 0 bridgehead atoms. The van der Waals surface area contributed by atoms with Gasteiger partial charge in [0.25, 0.3) is 0 Å². The van der Waals surface area contributed by atoms with Crippen molar-refractivity contribution >= 4 is 11.3 Å². The van der Waals surface area contributed by atoms with Gasteiger partial charge in [-0.1, -0.05) is 0 Å². The van der Waals surface area contributed by atoms with Gasteiger partial charge in [-0.25, -0.2) is 4.98 Å². The van der Waals surface area contributed by atoms with E-state index in [9.17, 15) is 5.11 Å². The van der Waals surface area contributed by atoms with Crippen LogP contribution >= 0.6 is 11.3 Å². The minimum Gasteiger partial charge on any atom is -0.496 e. The van der Waals surface area contributed by atoms with Gasteiger partial charge in [0.2, 0.25) is 0 Å². The van der Waals surface area contributed by atoms with Crippen LogP contribution in [-0.2, 0) is 0 Å². The highest BCUT2D eigenvalue weighted by atomic mass is 32.1. The molecule has 17 heavy (non-hydrogen) atoms. The first-order chi connectivity index (χ1) is 8.13.